The fourth-order valence-electron chi connectivity index (χ4n) is 3.69. The maximum atomic E-state index is 13.1. The Kier molecular flexibility index (Phi) is 11.0. The van der Waals surface area contributed by atoms with Gasteiger partial charge < -0.3 is 31.5 Å². The van der Waals surface area contributed by atoms with E-state index in [1.807, 2.05) is 6.26 Å². The SMILES string of the molecule is CSCCC(N)C(=O)N1CCCC1C(=O)NC(Cc1ccc(O)cc1)C(=O)NC(CS)C(=O)O. The lowest BCUT2D eigenvalue weighted by molar-refractivity contribution is -0.142. The smallest absolute Gasteiger partial charge is 0.327 e. The van der Waals surface area contributed by atoms with Crippen LogP contribution >= 0.6 is 24.4 Å². The molecule has 0 bridgehead atoms. The molecule has 4 unspecified atom stereocenters. The van der Waals surface area contributed by atoms with Crippen molar-refractivity contribution >= 4 is 48.1 Å². The number of rotatable bonds is 12. The van der Waals surface area contributed by atoms with Gasteiger partial charge in [0.05, 0.1) is 6.04 Å². The van der Waals surface area contributed by atoms with E-state index in [2.05, 4.69) is 23.3 Å². The molecule has 2 rings (SSSR count). The van der Waals surface area contributed by atoms with Crippen LogP contribution in [0.1, 0.15) is 24.8 Å². The molecule has 1 aromatic carbocycles. The molecule has 0 spiro atoms. The number of nitrogens with one attached hydrogen (secondary N) is 2. The predicted octanol–water partition coefficient (Wildman–Crippen LogP) is -0.00990. The number of phenolic OH excluding ortho intramolecular Hbond substituents is 1. The molecule has 1 heterocycles. The Morgan fingerprint density at radius 1 is 1.21 bits per heavy atom. The number of aromatic hydroxyl groups is 1. The number of hydrogen-bond donors (Lipinski definition) is 6. The molecule has 12 heteroatoms. The van der Waals surface area contributed by atoms with Gasteiger partial charge in [0.2, 0.25) is 17.7 Å². The second kappa shape index (κ2) is 13.4. The number of likely N-dealkylation sites (tertiary alicyclic amines) is 1. The van der Waals surface area contributed by atoms with E-state index in [9.17, 15) is 29.4 Å². The lowest BCUT2D eigenvalue weighted by Gasteiger charge is -2.28. The first-order chi connectivity index (χ1) is 16.2. The third-order valence-electron chi connectivity index (χ3n) is 5.60. The topological polar surface area (TPSA) is 162 Å². The van der Waals surface area contributed by atoms with E-state index >= 15 is 0 Å². The number of nitrogens with zero attached hydrogens (tertiary/aromatic N) is 1. The molecule has 1 aliphatic heterocycles. The summed E-state index contributed by atoms with van der Waals surface area (Å²) in [5, 5.41) is 23.8. The van der Waals surface area contributed by atoms with Crippen molar-refractivity contribution < 1.29 is 29.4 Å². The molecule has 0 radical (unpaired) electrons. The third-order valence-corrected chi connectivity index (χ3v) is 6.60. The summed E-state index contributed by atoms with van der Waals surface area (Å²) in [6, 6.07) is 2.32. The van der Waals surface area contributed by atoms with E-state index < -0.39 is 42.0 Å². The van der Waals surface area contributed by atoms with Crippen molar-refractivity contribution in [2.75, 3.05) is 24.3 Å². The number of thioether (sulfide) groups is 1. The highest BCUT2D eigenvalue weighted by atomic mass is 32.2. The molecular weight excluding hydrogens is 480 g/mol. The number of phenols is 1. The van der Waals surface area contributed by atoms with Crippen molar-refractivity contribution in [1.82, 2.24) is 15.5 Å². The van der Waals surface area contributed by atoms with E-state index in [4.69, 9.17) is 5.73 Å². The quantitative estimate of drug-likeness (QED) is 0.213. The van der Waals surface area contributed by atoms with Crippen molar-refractivity contribution in [2.24, 2.45) is 5.73 Å². The fourth-order valence-corrected chi connectivity index (χ4v) is 4.42. The minimum atomic E-state index is -1.25. The average Bonchev–Trinajstić information content (AvgIpc) is 3.31. The lowest BCUT2D eigenvalue weighted by atomic mass is 10.0. The number of carboxylic acid groups (broad SMARTS) is 1. The summed E-state index contributed by atoms with van der Waals surface area (Å²) >= 11 is 5.54. The molecule has 1 aliphatic rings. The monoisotopic (exact) mass is 512 g/mol. The Labute approximate surface area is 208 Å². The third kappa shape index (κ3) is 7.81. The number of aliphatic carboxylic acids is 1. The number of carbonyl (C=O) groups is 4. The van der Waals surface area contributed by atoms with Crippen LogP contribution in [0.15, 0.2) is 24.3 Å². The summed E-state index contributed by atoms with van der Waals surface area (Å²) < 4.78 is 0. The zero-order chi connectivity index (χ0) is 25.3. The van der Waals surface area contributed by atoms with Crippen LogP contribution in [-0.4, -0.2) is 87.3 Å². The van der Waals surface area contributed by atoms with Crippen LogP contribution < -0.4 is 16.4 Å². The molecule has 1 fully saturated rings. The largest absolute Gasteiger partial charge is 0.508 e. The van der Waals surface area contributed by atoms with Crippen molar-refractivity contribution in [1.29, 1.82) is 0 Å². The van der Waals surface area contributed by atoms with Crippen LogP contribution in [0.3, 0.4) is 0 Å². The molecule has 10 nitrogen and oxygen atoms in total. The Bertz CT molecular complexity index is 869. The van der Waals surface area contributed by atoms with E-state index in [0.717, 1.165) is 5.75 Å². The van der Waals surface area contributed by atoms with Crippen LogP contribution in [0.25, 0.3) is 0 Å². The maximum Gasteiger partial charge on any atom is 0.327 e. The molecule has 6 N–H and O–H groups in total. The number of nitrogens with two attached hydrogens (primary N) is 1. The molecule has 188 valence electrons. The maximum absolute atomic E-state index is 13.1. The Balaban J connectivity index is 2.17. The highest BCUT2D eigenvalue weighted by molar-refractivity contribution is 7.98. The Morgan fingerprint density at radius 2 is 1.88 bits per heavy atom. The second-order valence-corrected chi connectivity index (χ2v) is 9.44. The Morgan fingerprint density at radius 3 is 2.47 bits per heavy atom. The van der Waals surface area contributed by atoms with Crippen LogP contribution in [0, 0.1) is 0 Å². The van der Waals surface area contributed by atoms with Gasteiger partial charge in [0.15, 0.2) is 0 Å². The van der Waals surface area contributed by atoms with Gasteiger partial charge in [-0.15, -0.1) is 0 Å². The van der Waals surface area contributed by atoms with E-state index in [-0.39, 0.29) is 23.8 Å². The number of benzene rings is 1. The number of thiol groups is 1. The molecule has 0 saturated carbocycles. The molecule has 4 atom stereocenters. The molecule has 0 aromatic heterocycles. The molecular formula is C22H32N4O6S2. The molecule has 1 aromatic rings. The summed E-state index contributed by atoms with van der Waals surface area (Å²) in [4.78, 5) is 51.7. The summed E-state index contributed by atoms with van der Waals surface area (Å²) in [6.45, 7) is 0.402. The lowest BCUT2D eigenvalue weighted by Crippen LogP contribution is -2.57. The van der Waals surface area contributed by atoms with Gasteiger partial charge in [0.1, 0.15) is 23.9 Å². The van der Waals surface area contributed by atoms with Gasteiger partial charge >= 0.3 is 5.97 Å². The normalized spacial score (nSPS) is 18.1. The van der Waals surface area contributed by atoms with Crippen LogP contribution in [0.5, 0.6) is 5.75 Å². The first kappa shape index (κ1) is 27.8. The fraction of sp³-hybridized carbons (Fsp3) is 0.545. The first-order valence-electron chi connectivity index (χ1n) is 10.9. The zero-order valence-corrected chi connectivity index (χ0v) is 20.7. The number of carboxylic acids is 1. The van der Waals surface area contributed by atoms with Crippen LogP contribution in [-0.2, 0) is 25.6 Å². The highest BCUT2D eigenvalue weighted by Crippen LogP contribution is 2.20. The van der Waals surface area contributed by atoms with Gasteiger partial charge in [-0.2, -0.15) is 24.4 Å². The highest BCUT2D eigenvalue weighted by Gasteiger charge is 2.37. The first-order valence-corrected chi connectivity index (χ1v) is 13.0. The van der Waals surface area contributed by atoms with Gasteiger partial charge in [-0.3, -0.25) is 14.4 Å². The minimum absolute atomic E-state index is 0.0488. The molecule has 3 amide bonds. The predicted molar refractivity (Wildman–Crippen MR) is 133 cm³/mol. The van der Waals surface area contributed by atoms with Gasteiger partial charge in [0.25, 0.3) is 0 Å². The van der Waals surface area contributed by atoms with Gasteiger partial charge in [0, 0.05) is 18.7 Å². The zero-order valence-electron chi connectivity index (χ0n) is 19.0. The van der Waals surface area contributed by atoms with Gasteiger partial charge in [-0.25, -0.2) is 4.79 Å². The summed E-state index contributed by atoms with van der Waals surface area (Å²) in [5.41, 5.74) is 6.67. The van der Waals surface area contributed by atoms with E-state index in [0.29, 0.717) is 31.4 Å². The van der Waals surface area contributed by atoms with Gasteiger partial charge in [-0.1, -0.05) is 12.1 Å². The summed E-state index contributed by atoms with van der Waals surface area (Å²) in [5.74, 6) is -2.08. The molecule has 1 saturated heterocycles. The molecule has 0 aliphatic carbocycles. The summed E-state index contributed by atoms with van der Waals surface area (Å²) in [6.07, 6.45) is 3.55. The summed E-state index contributed by atoms with van der Waals surface area (Å²) in [7, 11) is 0. The number of hydrogen-bond acceptors (Lipinski definition) is 8. The number of carbonyl (C=O) groups excluding carboxylic acids is 3. The van der Waals surface area contributed by atoms with Crippen molar-refractivity contribution in [3.8, 4) is 5.75 Å². The minimum Gasteiger partial charge on any atom is -0.508 e. The van der Waals surface area contributed by atoms with Gasteiger partial charge in [-0.05, 0) is 49.0 Å². The van der Waals surface area contributed by atoms with E-state index in [1.165, 1.54) is 17.0 Å². The standard InChI is InChI=1S/C22H32N4O6S2/c1-34-10-8-15(23)21(30)26-9-2-3-18(26)20(29)24-16(11-13-4-6-14(27)7-5-13)19(28)25-17(12-33)22(31)32/h4-7,15-18,27,33H,2-3,8-12,23H2,1H3,(H,24,29)(H,25,28)(H,31,32). The van der Waals surface area contributed by atoms with Crippen molar-refractivity contribution in [3.63, 3.8) is 0 Å². The second-order valence-electron chi connectivity index (χ2n) is 8.09. The van der Waals surface area contributed by atoms with Crippen molar-refractivity contribution in [2.45, 2.75) is 49.9 Å². The van der Waals surface area contributed by atoms with Crippen molar-refractivity contribution in [3.05, 3.63) is 29.8 Å². The molecule has 34 heavy (non-hydrogen) atoms. The van der Waals surface area contributed by atoms with Crippen LogP contribution in [0.2, 0.25) is 0 Å². The number of amides is 3. The average molecular weight is 513 g/mol. The van der Waals surface area contributed by atoms with Crippen LogP contribution in [0.4, 0.5) is 0 Å². The van der Waals surface area contributed by atoms with E-state index in [1.54, 1.807) is 23.9 Å². The Hall–Kier alpha value is -2.44.